The Labute approximate surface area is 166 Å². The molecule has 1 aromatic carbocycles. The van der Waals surface area contributed by atoms with Gasteiger partial charge in [-0.15, -0.1) is 0 Å². The first-order valence-corrected chi connectivity index (χ1v) is 9.57. The largest absolute Gasteiger partial charge is 0.446 e. The Morgan fingerprint density at radius 3 is 2.89 bits per heavy atom. The van der Waals surface area contributed by atoms with E-state index in [1.165, 1.54) is 0 Å². The van der Waals surface area contributed by atoms with Crippen LogP contribution in [0, 0.1) is 0 Å². The second-order valence-corrected chi connectivity index (χ2v) is 7.73. The van der Waals surface area contributed by atoms with Gasteiger partial charge in [0.1, 0.15) is 6.33 Å². The molecular formula is C19H18ClN5O3. The Balaban J connectivity index is 1.59. The third-order valence-corrected chi connectivity index (χ3v) is 5.04. The Hall–Kier alpha value is -2.87. The summed E-state index contributed by atoms with van der Waals surface area (Å²) in [6, 6.07) is 5.38. The maximum atomic E-state index is 12.7. The molecule has 0 atom stereocenters. The summed E-state index contributed by atoms with van der Waals surface area (Å²) in [5.41, 5.74) is 2.80. The predicted octanol–water partition coefficient (Wildman–Crippen LogP) is 4.32. The van der Waals surface area contributed by atoms with Gasteiger partial charge in [0.15, 0.2) is 11.5 Å². The summed E-state index contributed by atoms with van der Waals surface area (Å²) in [7, 11) is 0. The lowest BCUT2D eigenvalue weighted by atomic mass is 10.1. The first kappa shape index (κ1) is 17.2. The lowest BCUT2D eigenvalue weighted by Crippen LogP contribution is -2.36. The van der Waals surface area contributed by atoms with Gasteiger partial charge >= 0.3 is 6.09 Å². The molecule has 2 aliphatic rings. The molecule has 5 rings (SSSR count). The van der Waals surface area contributed by atoms with Crippen LogP contribution >= 0.6 is 11.6 Å². The highest BCUT2D eigenvalue weighted by Crippen LogP contribution is 2.40. The minimum atomic E-state index is -0.443. The molecule has 3 aromatic rings. The number of anilines is 1. The van der Waals surface area contributed by atoms with Gasteiger partial charge in [0.25, 0.3) is 5.89 Å². The van der Waals surface area contributed by atoms with Gasteiger partial charge in [0.2, 0.25) is 0 Å². The van der Waals surface area contributed by atoms with E-state index >= 15 is 0 Å². The molecule has 1 saturated carbocycles. The zero-order chi connectivity index (χ0) is 19.4. The molecule has 1 amide bonds. The molecule has 1 fully saturated rings. The van der Waals surface area contributed by atoms with E-state index in [-0.39, 0.29) is 12.6 Å². The predicted molar refractivity (Wildman–Crippen MR) is 102 cm³/mol. The van der Waals surface area contributed by atoms with Gasteiger partial charge in [-0.3, -0.25) is 9.47 Å². The number of amides is 1. The Bertz CT molecular complexity index is 1070. The van der Waals surface area contributed by atoms with Crippen LogP contribution in [-0.4, -0.2) is 31.9 Å². The van der Waals surface area contributed by atoms with E-state index in [9.17, 15) is 4.79 Å². The van der Waals surface area contributed by atoms with E-state index in [1.807, 2.05) is 24.5 Å². The van der Waals surface area contributed by atoms with Crippen LogP contribution in [0.5, 0.6) is 0 Å². The fourth-order valence-electron chi connectivity index (χ4n) is 3.33. The van der Waals surface area contributed by atoms with Crippen molar-refractivity contribution in [2.75, 3.05) is 4.90 Å². The number of halogens is 1. The Morgan fingerprint density at radius 1 is 1.32 bits per heavy atom. The van der Waals surface area contributed by atoms with Crippen molar-refractivity contribution in [2.24, 2.45) is 0 Å². The third kappa shape index (κ3) is 2.84. The zero-order valence-corrected chi connectivity index (χ0v) is 16.2. The van der Waals surface area contributed by atoms with Crippen LogP contribution in [0.4, 0.5) is 10.5 Å². The van der Waals surface area contributed by atoms with Crippen LogP contribution in [-0.2, 0) is 11.3 Å². The lowest BCUT2D eigenvalue weighted by Gasteiger charge is -2.30. The average Bonchev–Trinajstić information content (AvgIpc) is 3.23. The van der Waals surface area contributed by atoms with E-state index in [4.69, 9.17) is 20.9 Å². The van der Waals surface area contributed by atoms with E-state index in [0.717, 1.165) is 30.0 Å². The molecule has 0 N–H and O–H groups in total. The van der Waals surface area contributed by atoms with Gasteiger partial charge < -0.3 is 9.26 Å². The van der Waals surface area contributed by atoms with Crippen molar-refractivity contribution in [3.63, 3.8) is 0 Å². The highest BCUT2D eigenvalue weighted by atomic mass is 35.5. The minimum Gasteiger partial charge on any atom is -0.446 e. The molecule has 3 heterocycles. The molecule has 1 aliphatic carbocycles. The van der Waals surface area contributed by atoms with Crippen molar-refractivity contribution in [1.82, 2.24) is 19.7 Å². The van der Waals surface area contributed by atoms with Crippen LogP contribution in [0.15, 0.2) is 29.0 Å². The molecule has 1 aliphatic heterocycles. The summed E-state index contributed by atoms with van der Waals surface area (Å²) >= 11 is 6.18. The number of rotatable bonds is 3. The van der Waals surface area contributed by atoms with Crippen molar-refractivity contribution in [2.45, 2.75) is 45.3 Å². The van der Waals surface area contributed by atoms with E-state index in [2.05, 4.69) is 15.1 Å². The van der Waals surface area contributed by atoms with Crippen LogP contribution in [0.25, 0.3) is 17.3 Å². The number of fused-ring (bicyclic) bond motifs is 3. The number of carbonyl (C=O) groups excluding carboxylic acids is 1. The SMILES string of the molecule is CC(C)OC(=O)N1Cc2c(-c3nc(C4CC4)no3)ncn2-c2ccc(Cl)cc21. The van der Waals surface area contributed by atoms with E-state index in [0.29, 0.717) is 28.2 Å². The molecule has 0 bridgehead atoms. The first-order chi connectivity index (χ1) is 13.5. The second-order valence-electron chi connectivity index (χ2n) is 7.29. The fraction of sp³-hybridized carbons (Fsp3) is 0.368. The highest BCUT2D eigenvalue weighted by Gasteiger charge is 2.34. The molecule has 8 nitrogen and oxygen atoms in total. The van der Waals surface area contributed by atoms with Crippen molar-refractivity contribution >= 4 is 23.4 Å². The van der Waals surface area contributed by atoms with Gasteiger partial charge in [-0.2, -0.15) is 4.98 Å². The minimum absolute atomic E-state index is 0.238. The number of imidazole rings is 1. The van der Waals surface area contributed by atoms with Gasteiger partial charge in [0, 0.05) is 10.9 Å². The number of aromatic nitrogens is 4. The maximum Gasteiger partial charge on any atom is 0.414 e. The Morgan fingerprint density at radius 2 is 2.14 bits per heavy atom. The topological polar surface area (TPSA) is 86.3 Å². The number of nitrogens with zero attached hydrogens (tertiary/aromatic N) is 5. The number of carbonyl (C=O) groups is 1. The fourth-order valence-corrected chi connectivity index (χ4v) is 3.50. The third-order valence-electron chi connectivity index (χ3n) is 4.81. The van der Waals surface area contributed by atoms with Gasteiger partial charge in [-0.25, -0.2) is 9.78 Å². The Kier molecular flexibility index (Phi) is 3.90. The van der Waals surface area contributed by atoms with Gasteiger partial charge in [-0.1, -0.05) is 16.8 Å². The summed E-state index contributed by atoms with van der Waals surface area (Å²) in [4.78, 5) is 23.3. The van der Waals surface area contributed by atoms with Crippen molar-refractivity contribution in [3.05, 3.63) is 41.1 Å². The van der Waals surface area contributed by atoms with Crippen molar-refractivity contribution in [3.8, 4) is 17.3 Å². The van der Waals surface area contributed by atoms with Crippen LogP contribution in [0.3, 0.4) is 0 Å². The highest BCUT2D eigenvalue weighted by molar-refractivity contribution is 6.31. The number of hydrogen-bond acceptors (Lipinski definition) is 6. The number of benzene rings is 1. The molecule has 0 saturated heterocycles. The molecule has 0 spiro atoms. The molecule has 144 valence electrons. The van der Waals surface area contributed by atoms with Crippen LogP contribution in [0.2, 0.25) is 5.02 Å². The monoisotopic (exact) mass is 399 g/mol. The molecule has 2 aromatic heterocycles. The van der Waals surface area contributed by atoms with E-state index < -0.39 is 6.09 Å². The van der Waals surface area contributed by atoms with Gasteiger partial charge in [-0.05, 0) is 44.9 Å². The summed E-state index contributed by atoms with van der Waals surface area (Å²) in [6.07, 6.45) is 3.19. The van der Waals surface area contributed by atoms with Crippen LogP contribution in [0.1, 0.15) is 44.1 Å². The summed E-state index contributed by atoms with van der Waals surface area (Å²) in [6.45, 7) is 3.89. The molecule has 0 radical (unpaired) electrons. The first-order valence-electron chi connectivity index (χ1n) is 9.19. The summed E-state index contributed by atoms with van der Waals surface area (Å²) in [5.74, 6) is 1.47. The second kappa shape index (κ2) is 6.34. The zero-order valence-electron chi connectivity index (χ0n) is 15.4. The molecule has 0 unspecified atom stereocenters. The normalized spacial score (nSPS) is 15.5. The lowest BCUT2D eigenvalue weighted by molar-refractivity contribution is 0.122. The van der Waals surface area contributed by atoms with Crippen molar-refractivity contribution < 1.29 is 14.1 Å². The van der Waals surface area contributed by atoms with E-state index in [1.54, 1.807) is 23.4 Å². The van der Waals surface area contributed by atoms with Crippen LogP contribution < -0.4 is 4.90 Å². The smallest absolute Gasteiger partial charge is 0.414 e. The summed E-state index contributed by atoms with van der Waals surface area (Å²) < 4.78 is 12.8. The number of ether oxygens (including phenoxy) is 1. The molecule has 28 heavy (non-hydrogen) atoms. The standard InChI is InChI=1S/C19H18ClN5O3/c1-10(2)27-19(26)24-8-15-16(18-22-17(23-28-18)11-3-4-11)21-9-25(15)13-6-5-12(20)7-14(13)24/h5-7,9-11H,3-4,8H2,1-2H3. The van der Waals surface area contributed by atoms with Gasteiger partial charge in [0.05, 0.1) is 29.7 Å². The number of hydrogen-bond donors (Lipinski definition) is 0. The summed E-state index contributed by atoms with van der Waals surface area (Å²) in [5, 5.41) is 4.61. The molecule has 9 heteroatoms. The molecular weight excluding hydrogens is 382 g/mol. The van der Waals surface area contributed by atoms with Crippen molar-refractivity contribution in [1.29, 1.82) is 0 Å². The maximum absolute atomic E-state index is 12.7. The average molecular weight is 400 g/mol. The quantitative estimate of drug-likeness (QED) is 0.652.